The van der Waals surface area contributed by atoms with Gasteiger partial charge in [-0.3, -0.25) is 0 Å². The molecule has 2 aromatic heterocycles. The van der Waals surface area contributed by atoms with Gasteiger partial charge in [0, 0.05) is 34.1 Å². The number of hydrogen-bond donors (Lipinski definition) is 1. The maximum atomic E-state index is 5.35. The van der Waals surface area contributed by atoms with Crippen molar-refractivity contribution in [2.45, 2.75) is 39.7 Å². The molecule has 0 aliphatic carbocycles. The first kappa shape index (κ1) is 12.6. The first-order valence-corrected chi connectivity index (χ1v) is 7.18. The second kappa shape index (κ2) is 5.19. The lowest BCUT2D eigenvalue weighted by atomic mass is 10.2. The van der Waals surface area contributed by atoms with Crippen LogP contribution in [-0.2, 0) is 12.8 Å². The molecule has 1 unspecified atom stereocenters. The molecule has 0 amide bonds. The smallest absolute Gasteiger partial charge is 0.177 e. The molecule has 0 aromatic carbocycles. The third kappa shape index (κ3) is 2.69. The van der Waals surface area contributed by atoms with E-state index < -0.39 is 0 Å². The molecule has 4 heteroatoms. The fourth-order valence-electron chi connectivity index (χ4n) is 2.15. The predicted octanol–water partition coefficient (Wildman–Crippen LogP) is 4.28. The van der Waals surface area contributed by atoms with Crippen LogP contribution in [0.2, 0.25) is 0 Å². The summed E-state index contributed by atoms with van der Waals surface area (Å²) in [5.41, 5.74) is 1.29. The van der Waals surface area contributed by atoms with Gasteiger partial charge in [-0.2, -0.15) is 0 Å². The van der Waals surface area contributed by atoms with Crippen LogP contribution in [-0.4, -0.2) is 9.55 Å². The normalized spacial score (nSPS) is 12.9. The van der Waals surface area contributed by atoms with E-state index in [1.54, 1.807) is 0 Å². The SMILES string of the molecule is CCc1c[nH]c(=S)n1C(C)Cc1ccc(C)s1. The summed E-state index contributed by atoms with van der Waals surface area (Å²) in [5, 5.41) is 0. The molecule has 2 heterocycles. The summed E-state index contributed by atoms with van der Waals surface area (Å²) in [7, 11) is 0. The summed E-state index contributed by atoms with van der Waals surface area (Å²) < 4.78 is 3.08. The van der Waals surface area contributed by atoms with Crippen LogP contribution in [0.15, 0.2) is 18.3 Å². The Morgan fingerprint density at radius 2 is 2.24 bits per heavy atom. The first-order chi connectivity index (χ1) is 8.11. The number of thiophene rings is 1. The first-order valence-electron chi connectivity index (χ1n) is 5.96. The standard InChI is InChI=1S/C13H18N2S2/c1-4-11-8-14-13(16)15(11)9(2)7-12-6-5-10(3)17-12/h5-6,8-9H,4,7H2,1-3H3,(H,14,16). The number of aromatic nitrogens is 2. The van der Waals surface area contributed by atoms with Crippen molar-refractivity contribution in [2.75, 3.05) is 0 Å². The van der Waals surface area contributed by atoms with Gasteiger partial charge in [-0.25, -0.2) is 0 Å². The molecule has 92 valence electrons. The van der Waals surface area contributed by atoms with Crippen LogP contribution in [0, 0.1) is 11.7 Å². The van der Waals surface area contributed by atoms with Crippen molar-refractivity contribution in [3.05, 3.63) is 38.5 Å². The Kier molecular flexibility index (Phi) is 3.84. The van der Waals surface area contributed by atoms with Gasteiger partial charge in [0.1, 0.15) is 0 Å². The lowest BCUT2D eigenvalue weighted by molar-refractivity contribution is 0.524. The molecule has 1 atom stereocenters. The summed E-state index contributed by atoms with van der Waals surface area (Å²) >= 11 is 7.22. The minimum absolute atomic E-state index is 0.418. The van der Waals surface area contributed by atoms with Crippen LogP contribution in [0.1, 0.15) is 35.3 Å². The number of rotatable bonds is 4. The molecule has 0 radical (unpaired) electrons. The molecule has 0 saturated carbocycles. The van der Waals surface area contributed by atoms with Crippen LogP contribution in [0.5, 0.6) is 0 Å². The Balaban J connectivity index is 2.22. The van der Waals surface area contributed by atoms with E-state index in [0.717, 1.165) is 17.6 Å². The maximum absolute atomic E-state index is 5.35. The molecule has 0 aliphatic heterocycles. The molecule has 17 heavy (non-hydrogen) atoms. The Morgan fingerprint density at radius 3 is 2.82 bits per heavy atom. The fourth-order valence-corrected chi connectivity index (χ4v) is 3.51. The molecule has 1 N–H and O–H groups in total. The van der Waals surface area contributed by atoms with Gasteiger partial charge >= 0.3 is 0 Å². The Bertz CT molecular complexity index is 548. The second-order valence-electron chi connectivity index (χ2n) is 4.37. The molecule has 2 rings (SSSR count). The third-order valence-electron chi connectivity index (χ3n) is 2.99. The fraction of sp³-hybridized carbons (Fsp3) is 0.462. The van der Waals surface area contributed by atoms with E-state index in [2.05, 4.69) is 42.5 Å². The molecule has 2 aromatic rings. The van der Waals surface area contributed by atoms with Gasteiger partial charge in [0.15, 0.2) is 4.77 Å². The molecule has 2 nitrogen and oxygen atoms in total. The zero-order valence-corrected chi connectivity index (χ0v) is 12.1. The second-order valence-corrected chi connectivity index (χ2v) is 6.13. The number of hydrogen-bond acceptors (Lipinski definition) is 2. The van der Waals surface area contributed by atoms with Crippen molar-refractivity contribution in [2.24, 2.45) is 0 Å². The van der Waals surface area contributed by atoms with Crippen molar-refractivity contribution < 1.29 is 0 Å². The minimum Gasteiger partial charge on any atom is -0.337 e. The van der Waals surface area contributed by atoms with Crippen molar-refractivity contribution in [3.8, 4) is 0 Å². The van der Waals surface area contributed by atoms with Gasteiger partial charge in [0.05, 0.1) is 0 Å². The van der Waals surface area contributed by atoms with Gasteiger partial charge in [-0.15, -0.1) is 11.3 Å². The van der Waals surface area contributed by atoms with Gasteiger partial charge in [-0.05, 0) is 44.6 Å². The summed E-state index contributed by atoms with van der Waals surface area (Å²) in [6, 6.07) is 4.82. The van der Waals surface area contributed by atoms with Gasteiger partial charge in [0.25, 0.3) is 0 Å². The van der Waals surface area contributed by atoms with Gasteiger partial charge in [0.2, 0.25) is 0 Å². The van der Waals surface area contributed by atoms with Gasteiger partial charge in [-0.1, -0.05) is 6.92 Å². The van der Waals surface area contributed by atoms with Gasteiger partial charge < -0.3 is 9.55 Å². The molecule has 0 bridgehead atoms. The maximum Gasteiger partial charge on any atom is 0.177 e. The molecule has 0 saturated heterocycles. The zero-order valence-electron chi connectivity index (χ0n) is 10.5. The van der Waals surface area contributed by atoms with Crippen LogP contribution in [0.25, 0.3) is 0 Å². The summed E-state index contributed by atoms with van der Waals surface area (Å²) in [6.07, 6.45) is 4.09. The van der Waals surface area contributed by atoms with E-state index in [0.29, 0.717) is 6.04 Å². The quantitative estimate of drug-likeness (QED) is 0.819. The molecular formula is C13H18N2S2. The number of H-pyrrole nitrogens is 1. The highest BCUT2D eigenvalue weighted by atomic mass is 32.1. The Labute approximate surface area is 111 Å². The van der Waals surface area contributed by atoms with E-state index in [-0.39, 0.29) is 0 Å². The van der Waals surface area contributed by atoms with Crippen LogP contribution in [0.3, 0.4) is 0 Å². The van der Waals surface area contributed by atoms with Crippen molar-refractivity contribution in [1.82, 2.24) is 9.55 Å². The lowest BCUT2D eigenvalue weighted by Gasteiger charge is -2.15. The summed E-state index contributed by atoms with van der Waals surface area (Å²) in [6.45, 7) is 6.55. The minimum atomic E-state index is 0.418. The largest absolute Gasteiger partial charge is 0.337 e. The number of aromatic amines is 1. The number of imidazole rings is 1. The summed E-state index contributed by atoms with van der Waals surface area (Å²) in [5.74, 6) is 0. The van der Waals surface area contributed by atoms with Crippen LogP contribution >= 0.6 is 23.6 Å². The van der Waals surface area contributed by atoms with Crippen LogP contribution in [0.4, 0.5) is 0 Å². The highest BCUT2D eigenvalue weighted by molar-refractivity contribution is 7.71. The Hall–Kier alpha value is -0.870. The molecule has 0 fully saturated rings. The van der Waals surface area contributed by atoms with Crippen molar-refractivity contribution in [1.29, 1.82) is 0 Å². The van der Waals surface area contributed by atoms with Crippen LogP contribution < -0.4 is 0 Å². The average molecular weight is 266 g/mol. The van der Waals surface area contributed by atoms with E-state index in [9.17, 15) is 0 Å². The van der Waals surface area contributed by atoms with E-state index >= 15 is 0 Å². The van der Waals surface area contributed by atoms with Crippen molar-refractivity contribution in [3.63, 3.8) is 0 Å². The zero-order chi connectivity index (χ0) is 12.4. The lowest BCUT2D eigenvalue weighted by Crippen LogP contribution is -2.10. The van der Waals surface area contributed by atoms with E-state index in [4.69, 9.17) is 12.2 Å². The number of nitrogens with zero attached hydrogens (tertiary/aromatic N) is 1. The molecular weight excluding hydrogens is 248 g/mol. The number of aryl methyl sites for hydroxylation is 2. The predicted molar refractivity (Wildman–Crippen MR) is 76.5 cm³/mol. The third-order valence-corrected chi connectivity index (χ3v) is 4.32. The van der Waals surface area contributed by atoms with E-state index in [1.165, 1.54) is 15.4 Å². The summed E-state index contributed by atoms with van der Waals surface area (Å²) in [4.78, 5) is 5.95. The number of nitrogens with one attached hydrogen (secondary N) is 1. The molecule has 0 spiro atoms. The topological polar surface area (TPSA) is 20.7 Å². The molecule has 0 aliphatic rings. The Morgan fingerprint density at radius 1 is 1.47 bits per heavy atom. The highest BCUT2D eigenvalue weighted by Gasteiger charge is 2.11. The van der Waals surface area contributed by atoms with E-state index in [1.807, 2.05) is 17.5 Å². The average Bonchev–Trinajstić information content (AvgIpc) is 2.84. The monoisotopic (exact) mass is 266 g/mol. The van der Waals surface area contributed by atoms with Crippen molar-refractivity contribution >= 4 is 23.6 Å². The highest BCUT2D eigenvalue weighted by Crippen LogP contribution is 2.22.